The van der Waals surface area contributed by atoms with E-state index in [1.807, 2.05) is 12.1 Å². The van der Waals surface area contributed by atoms with Crippen molar-refractivity contribution in [1.29, 1.82) is 0 Å². The highest BCUT2D eigenvalue weighted by molar-refractivity contribution is 5.89. The largest absolute Gasteiger partial charge is 0.461 e. The van der Waals surface area contributed by atoms with Crippen molar-refractivity contribution in [3.63, 3.8) is 0 Å². The lowest BCUT2D eigenvalue weighted by atomic mass is 10.1. The van der Waals surface area contributed by atoms with Gasteiger partial charge >= 0.3 is 5.97 Å². The van der Waals surface area contributed by atoms with Gasteiger partial charge in [-0.2, -0.15) is 5.10 Å². The zero-order valence-corrected chi connectivity index (χ0v) is 14.9. The highest BCUT2D eigenvalue weighted by atomic mass is 19.1. The van der Waals surface area contributed by atoms with E-state index in [9.17, 15) is 14.0 Å². The first-order valence-corrected chi connectivity index (χ1v) is 8.35. The Hall–Kier alpha value is -3.48. The fraction of sp³-hybridized carbons (Fsp3) is 0.150. The summed E-state index contributed by atoms with van der Waals surface area (Å²) >= 11 is 0. The Labute approximate surface area is 155 Å². The Balaban J connectivity index is 2.08. The number of anilines is 1. The molecule has 1 aromatic heterocycles. The number of hydrogen-bond donors (Lipinski definition) is 0. The predicted octanol–water partition coefficient (Wildman–Crippen LogP) is 3.45. The van der Waals surface area contributed by atoms with Crippen LogP contribution >= 0.6 is 0 Å². The molecule has 0 radical (unpaired) electrons. The van der Waals surface area contributed by atoms with Gasteiger partial charge in [0.05, 0.1) is 18.0 Å². The smallest absolute Gasteiger partial charge is 0.358 e. The molecule has 0 aliphatic heterocycles. The van der Waals surface area contributed by atoms with Crippen LogP contribution in [0.15, 0.2) is 54.6 Å². The van der Waals surface area contributed by atoms with E-state index in [1.165, 1.54) is 17.0 Å². The van der Waals surface area contributed by atoms with Gasteiger partial charge in [0.2, 0.25) is 6.41 Å². The number of carbonyl (C=O) groups is 2. The quantitative estimate of drug-likeness (QED) is 0.494. The van der Waals surface area contributed by atoms with E-state index in [4.69, 9.17) is 4.74 Å². The van der Waals surface area contributed by atoms with E-state index >= 15 is 0 Å². The maximum atomic E-state index is 13.3. The number of nitrogens with zero attached hydrogens (tertiary/aromatic N) is 3. The van der Waals surface area contributed by atoms with Crippen molar-refractivity contribution in [2.75, 3.05) is 18.6 Å². The van der Waals surface area contributed by atoms with Crippen molar-refractivity contribution >= 4 is 18.1 Å². The minimum Gasteiger partial charge on any atom is -0.461 e. The van der Waals surface area contributed by atoms with E-state index in [1.54, 1.807) is 49.0 Å². The number of aromatic nitrogens is 2. The van der Waals surface area contributed by atoms with Crippen LogP contribution in [0.2, 0.25) is 0 Å². The number of carbonyl (C=O) groups excluding carboxylic acids is 2. The second-order valence-electron chi connectivity index (χ2n) is 5.79. The van der Waals surface area contributed by atoms with Gasteiger partial charge in [-0.25, -0.2) is 13.9 Å². The third kappa shape index (κ3) is 3.87. The highest BCUT2D eigenvalue weighted by Gasteiger charge is 2.18. The number of esters is 1. The second-order valence-corrected chi connectivity index (χ2v) is 5.79. The molecule has 138 valence electrons. The molecule has 1 heterocycles. The topological polar surface area (TPSA) is 64.4 Å². The number of rotatable bonds is 6. The van der Waals surface area contributed by atoms with E-state index in [-0.39, 0.29) is 18.1 Å². The maximum absolute atomic E-state index is 13.3. The molecule has 0 spiro atoms. The lowest BCUT2D eigenvalue weighted by molar-refractivity contribution is -0.107. The van der Waals surface area contributed by atoms with Crippen LogP contribution in [0, 0.1) is 5.82 Å². The fourth-order valence-electron chi connectivity index (χ4n) is 2.60. The molecule has 27 heavy (non-hydrogen) atoms. The molecule has 3 aromatic rings. The number of hydrogen-bond acceptors (Lipinski definition) is 4. The second kappa shape index (κ2) is 7.82. The summed E-state index contributed by atoms with van der Waals surface area (Å²) in [7, 11) is 1.66. The van der Waals surface area contributed by atoms with Gasteiger partial charge < -0.3 is 9.64 Å². The van der Waals surface area contributed by atoms with Crippen LogP contribution in [0.25, 0.3) is 16.9 Å². The standard InChI is InChI=1S/C20H18FN3O3/c1-3-27-20(26)18-12-19(14-4-8-16(9-5-14)23(2)13-25)24(22-18)17-10-6-15(21)7-11-17/h4-13H,3H2,1-2H3. The van der Waals surface area contributed by atoms with Crippen molar-refractivity contribution in [2.45, 2.75) is 6.92 Å². The molecule has 0 aliphatic carbocycles. The summed E-state index contributed by atoms with van der Waals surface area (Å²) in [6.45, 7) is 1.96. The van der Waals surface area contributed by atoms with E-state index in [0.29, 0.717) is 11.4 Å². The minimum atomic E-state index is -0.531. The number of halogens is 1. The first-order chi connectivity index (χ1) is 13.0. The maximum Gasteiger partial charge on any atom is 0.358 e. The molecule has 0 saturated carbocycles. The van der Waals surface area contributed by atoms with Gasteiger partial charge in [-0.05, 0) is 49.4 Å². The lowest BCUT2D eigenvalue weighted by Gasteiger charge is -2.12. The van der Waals surface area contributed by atoms with Crippen molar-refractivity contribution < 1.29 is 18.7 Å². The molecule has 7 heteroatoms. The average Bonchev–Trinajstić information content (AvgIpc) is 3.14. The molecule has 3 rings (SSSR count). The molecule has 0 aliphatic rings. The fourth-order valence-corrected chi connectivity index (χ4v) is 2.60. The molecule has 2 aromatic carbocycles. The summed E-state index contributed by atoms with van der Waals surface area (Å²) in [5.74, 6) is -0.892. The Morgan fingerprint density at radius 3 is 2.44 bits per heavy atom. The molecular weight excluding hydrogens is 349 g/mol. The van der Waals surface area contributed by atoms with Gasteiger partial charge in [0.25, 0.3) is 0 Å². The summed E-state index contributed by atoms with van der Waals surface area (Å²) in [6, 6.07) is 14.7. The van der Waals surface area contributed by atoms with Crippen LogP contribution in [-0.2, 0) is 9.53 Å². The predicted molar refractivity (Wildman–Crippen MR) is 99.4 cm³/mol. The summed E-state index contributed by atoms with van der Waals surface area (Å²) in [6.07, 6.45) is 0.719. The van der Waals surface area contributed by atoms with Crippen LogP contribution in [0.1, 0.15) is 17.4 Å². The van der Waals surface area contributed by atoms with Crippen LogP contribution in [-0.4, -0.2) is 35.8 Å². The number of benzene rings is 2. The van der Waals surface area contributed by atoms with E-state index in [2.05, 4.69) is 5.10 Å². The molecular formula is C20H18FN3O3. The Kier molecular flexibility index (Phi) is 5.30. The third-order valence-electron chi connectivity index (χ3n) is 3.99. The van der Waals surface area contributed by atoms with Gasteiger partial charge in [-0.1, -0.05) is 12.1 Å². The SMILES string of the molecule is CCOC(=O)c1cc(-c2ccc(N(C)C=O)cc2)n(-c2ccc(F)cc2)n1. The summed E-state index contributed by atoms with van der Waals surface area (Å²) in [5, 5.41) is 4.33. The van der Waals surface area contributed by atoms with Crippen molar-refractivity contribution in [2.24, 2.45) is 0 Å². The third-order valence-corrected chi connectivity index (χ3v) is 3.99. The zero-order chi connectivity index (χ0) is 19.4. The summed E-state index contributed by atoms with van der Waals surface area (Å²) < 4.78 is 19.9. The van der Waals surface area contributed by atoms with E-state index in [0.717, 1.165) is 17.7 Å². The number of ether oxygens (including phenoxy) is 1. The minimum absolute atomic E-state index is 0.158. The van der Waals surface area contributed by atoms with Crippen molar-refractivity contribution in [3.05, 3.63) is 66.1 Å². The molecule has 0 atom stereocenters. The Bertz CT molecular complexity index is 950. The van der Waals surface area contributed by atoms with Gasteiger partial charge in [0.1, 0.15) is 5.82 Å². The van der Waals surface area contributed by atoms with Crippen LogP contribution in [0.5, 0.6) is 0 Å². The Morgan fingerprint density at radius 1 is 1.19 bits per heavy atom. The molecule has 0 N–H and O–H groups in total. The van der Waals surface area contributed by atoms with Crippen molar-refractivity contribution in [1.82, 2.24) is 9.78 Å². The first kappa shape index (κ1) is 18.3. The average molecular weight is 367 g/mol. The van der Waals surface area contributed by atoms with Crippen LogP contribution < -0.4 is 4.90 Å². The normalized spacial score (nSPS) is 10.5. The van der Waals surface area contributed by atoms with Gasteiger partial charge in [0.15, 0.2) is 5.69 Å². The van der Waals surface area contributed by atoms with Gasteiger partial charge in [-0.3, -0.25) is 4.79 Å². The highest BCUT2D eigenvalue weighted by Crippen LogP contribution is 2.26. The molecule has 0 fully saturated rings. The van der Waals surface area contributed by atoms with E-state index < -0.39 is 5.97 Å². The zero-order valence-electron chi connectivity index (χ0n) is 14.9. The monoisotopic (exact) mass is 367 g/mol. The molecule has 0 saturated heterocycles. The summed E-state index contributed by atoms with van der Waals surface area (Å²) in [5.41, 5.74) is 2.92. The molecule has 6 nitrogen and oxygen atoms in total. The molecule has 0 bridgehead atoms. The Morgan fingerprint density at radius 2 is 1.85 bits per heavy atom. The van der Waals surface area contributed by atoms with Gasteiger partial charge in [-0.15, -0.1) is 0 Å². The van der Waals surface area contributed by atoms with Crippen LogP contribution in [0.3, 0.4) is 0 Å². The van der Waals surface area contributed by atoms with Crippen LogP contribution in [0.4, 0.5) is 10.1 Å². The lowest BCUT2D eigenvalue weighted by Crippen LogP contribution is -2.13. The van der Waals surface area contributed by atoms with Crippen molar-refractivity contribution in [3.8, 4) is 16.9 Å². The number of amides is 1. The van der Waals surface area contributed by atoms with Gasteiger partial charge in [0, 0.05) is 18.3 Å². The summed E-state index contributed by atoms with van der Waals surface area (Å²) in [4.78, 5) is 24.5. The first-order valence-electron chi connectivity index (χ1n) is 8.35. The molecule has 0 unspecified atom stereocenters. The molecule has 1 amide bonds.